The molecule has 5 nitrogen and oxygen atoms in total. The molecule has 0 bridgehead atoms. The molecule has 1 aromatic carbocycles. The summed E-state index contributed by atoms with van der Waals surface area (Å²) in [4.78, 5) is 17.4. The highest BCUT2D eigenvalue weighted by Gasteiger charge is 2.33. The predicted octanol–water partition coefficient (Wildman–Crippen LogP) is 2.50. The Morgan fingerprint density at radius 3 is 2.77 bits per heavy atom. The molecular formula is C15H17BrN2O3S. The van der Waals surface area contributed by atoms with E-state index in [0.717, 1.165) is 20.9 Å². The van der Waals surface area contributed by atoms with Crippen LogP contribution in [0.1, 0.15) is 22.5 Å². The number of hydrogen-bond donors (Lipinski definition) is 1. The van der Waals surface area contributed by atoms with E-state index in [4.69, 9.17) is 0 Å². The van der Waals surface area contributed by atoms with Crippen LogP contribution in [-0.2, 0) is 9.84 Å². The molecule has 0 spiro atoms. The number of carbonyl (C=O) groups excluding carboxylic acids is 1. The number of aromatic nitrogens is 1. The first-order valence-electron chi connectivity index (χ1n) is 7.04. The molecule has 1 amide bonds. The smallest absolute Gasteiger partial charge is 0.270 e. The number of halogens is 1. The van der Waals surface area contributed by atoms with Crippen molar-refractivity contribution in [1.82, 2.24) is 9.88 Å². The van der Waals surface area contributed by atoms with Crippen LogP contribution in [0.25, 0.3) is 10.9 Å². The Balaban J connectivity index is 1.94. The zero-order valence-electron chi connectivity index (χ0n) is 12.4. The summed E-state index contributed by atoms with van der Waals surface area (Å²) in [6.45, 7) is 1.90. The number of aryl methyl sites for hydroxylation is 1. The fourth-order valence-corrected chi connectivity index (χ4v) is 5.07. The van der Waals surface area contributed by atoms with Crippen LogP contribution < -0.4 is 0 Å². The molecule has 2 heterocycles. The minimum Gasteiger partial charge on any atom is -0.350 e. The first-order valence-corrected chi connectivity index (χ1v) is 9.65. The maximum Gasteiger partial charge on any atom is 0.270 e. The van der Waals surface area contributed by atoms with E-state index in [2.05, 4.69) is 20.9 Å². The largest absolute Gasteiger partial charge is 0.350 e. The summed E-state index contributed by atoms with van der Waals surface area (Å²) in [6, 6.07) is 5.57. The summed E-state index contributed by atoms with van der Waals surface area (Å²) in [5, 5.41) is 0.991. The van der Waals surface area contributed by atoms with E-state index in [1.54, 1.807) is 11.9 Å². The molecule has 2 aromatic rings. The van der Waals surface area contributed by atoms with Crippen LogP contribution in [0, 0.1) is 6.92 Å². The maximum absolute atomic E-state index is 12.7. The van der Waals surface area contributed by atoms with Gasteiger partial charge in [0.25, 0.3) is 5.91 Å². The lowest BCUT2D eigenvalue weighted by atomic mass is 10.1. The number of benzene rings is 1. The lowest BCUT2D eigenvalue weighted by Crippen LogP contribution is -2.38. The van der Waals surface area contributed by atoms with Crippen molar-refractivity contribution in [3.8, 4) is 0 Å². The molecule has 1 fully saturated rings. The van der Waals surface area contributed by atoms with Gasteiger partial charge in [0.05, 0.1) is 11.5 Å². The van der Waals surface area contributed by atoms with Gasteiger partial charge in [-0.05, 0) is 37.1 Å². The van der Waals surface area contributed by atoms with Gasteiger partial charge >= 0.3 is 0 Å². The highest BCUT2D eigenvalue weighted by atomic mass is 79.9. The van der Waals surface area contributed by atoms with Crippen molar-refractivity contribution >= 4 is 42.6 Å². The number of aromatic amines is 1. The van der Waals surface area contributed by atoms with Crippen LogP contribution >= 0.6 is 15.9 Å². The lowest BCUT2D eigenvalue weighted by Gasteiger charge is -2.23. The van der Waals surface area contributed by atoms with Gasteiger partial charge in [0, 0.05) is 28.5 Å². The molecule has 22 heavy (non-hydrogen) atoms. The quantitative estimate of drug-likeness (QED) is 0.864. The number of hydrogen-bond acceptors (Lipinski definition) is 3. The standard InChI is InChI=1S/C15H17BrN2O3S/c1-9-12-7-10(16)3-4-13(12)17-14(9)15(19)18(2)11-5-6-22(20,21)8-11/h3-4,7,11,17H,5-6,8H2,1-2H3/t11-/m1/s1. The van der Waals surface area contributed by atoms with E-state index in [0.29, 0.717) is 12.1 Å². The van der Waals surface area contributed by atoms with E-state index >= 15 is 0 Å². The second-order valence-electron chi connectivity index (χ2n) is 5.79. The molecule has 0 saturated carbocycles. The zero-order chi connectivity index (χ0) is 16.1. The van der Waals surface area contributed by atoms with Gasteiger partial charge in [-0.2, -0.15) is 0 Å². The van der Waals surface area contributed by atoms with Gasteiger partial charge in [-0.15, -0.1) is 0 Å². The molecule has 1 aliphatic rings. The Morgan fingerprint density at radius 2 is 2.14 bits per heavy atom. The van der Waals surface area contributed by atoms with Crippen LogP contribution in [0.5, 0.6) is 0 Å². The van der Waals surface area contributed by atoms with Crippen molar-refractivity contribution in [2.24, 2.45) is 0 Å². The lowest BCUT2D eigenvalue weighted by molar-refractivity contribution is 0.0742. The molecule has 7 heteroatoms. The summed E-state index contributed by atoms with van der Waals surface area (Å²) in [6.07, 6.45) is 0.509. The van der Waals surface area contributed by atoms with E-state index in [1.165, 1.54) is 0 Å². The summed E-state index contributed by atoms with van der Waals surface area (Å²) in [5.74, 6) is 0.0560. The summed E-state index contributed by atoms with van der Waals surface area (Å²) in [5.41, 5.74) is 2.31. The first kappa shape index (κ1) is 15.6. The second kappa shape index (κ2) is 5.38. The number of H-pyrrole nitrogens is 1. The highest BCUT2D eigenvalue weighted by Crippen LogP contribution is 2.27. The van der Waals surface area contributed by atoms with Crippen molar-refractivity contribution < 1.29 is 13.2 Å². The van der Waals surface area contributed by atoms with Gasteiger partial charge in [0.1, 0.15) is 5.69 Å². The molecule has 0 unspecified atom stereocenters. The van der Waals surface area contributed by atoms with Gasteiger partial charge in [-0.1, -0.05) is 15.9 Å². The first-order chi connectivity index (χ1) is 10.3. The Bertz CT molecular complexity index is 857. The Kier molecular flexibility index (Phi) is 3.81. The molecule has 3 rings (SSSR count). The normalized spacial score (nSPS) is 20.4. The minimum atomic E-state index is -3.01. The molecule has 1 saturated heterocycles. The van der Waals surface area contributed by atoms with Gasteiger partial charge in [0.15, 0.2) is 9.84 Å². The van der Waals surface area contributed by atoms with Crippen molar-refractivity contribution in [2.75, 3.05) is 18.6 Å². The number of rotatable bonds is 2. The SMILES string of the molecule is Cc1c(C(=O)N(C)[C@@H]2CCS(=O)(=O)C2)[nH]c2ccc(Br)cc12. The summed E-state index contributed by atoms with van der Waals surface area (Å²) >= 11 is 3.43. The maximum atomic E-state index is 12.7. The van der Waals surface area contributed by atoms with Crippen molar-refractivity contribution in [3.05, 3.63) is 33.9 Å². The van der Waals surface area contributed by atoms with E-state index in [1.807, 2.05) is 25.1 Å². The predicted molar refractivity (Wildman–Crippen MR) is 89.9 cm³/mol. The average molecular weight is 385 g/mol. The highest BCUT2D eigenvalue weighted by molar-refractivity contribution is 9.10. The van der Waals surface area contributed by atoms with Gasteiger partial charge in [-0.25, -0.2) is 8.42 Å². The minimum absolute atomic E-state index is 0.0556. The third kappa shape index (κ3) is 2.67. The van der Waals surface area contributed by atoms with E-state index < -0.39 is 9.84 Å². The molecule has 1 aliphatic heterocycles. The molecule has 1 N–H and O–H groups in total. The molecule has 0 aliphatic carbocycles. The van der Waals surface area contributed by atoms with Crippen LogP contribution in [0.2, 0.25) is 0 Å². The zero-order valence-corrected chi connectivity index (χ0v) is 14.8. The van der Waals surface area contributed by atoms with Gasteiger partial charge in [0.2, 0.25) is 0 Å². The molecule has 0 radical (unpaired) electrons. The third-order valence-corrected chi connectivity index (χ3v) is 6.55. The van der Waals surface area contributed by atoms with Crippen LogP contribution in [0.3, 0.4) is 0 Å². The van der Waals surface area contributed by atoms with Crippen LogP contribution in [-0.4, -0.2) is 48.8 Å². The summed E-state index contributed by atoms with van der Waals surface area (Å²) < 4.78 is 24.2. The molecule has 118 valence electrons. The monoisotopic (exact) mass is 384 g/mol. The second-order valence-corrected chi connectivity index (χ2v) is 8.93. The van der Waals surface area contributed by atoms with Crippen molar-refractivity contribution in [3.63, 3.8) is 0 Å². The molecular weight excluding hydrogens is 368 g/mol. The van der Waals surface area contributed by atoms with Crippen LogP contribution in [0.15, 0.2) is 22.7 Å². The van der Waals surface area contributed by atoms with Crippen molar-refractivity contribution in [1.29, 1.82) is 0 Å². The average Bonchev–Trinajstić information content (AvgIpc) is 2.98. The van der Waals surface area contributed by atoms with Gasteiger partial charge < -0.3 is 9.88 Å². The van der Waals surface area contributed by atoms with E-state index in [-0.39, 0.29) is 23.5 Å². The number of nitrogens with zero attached hydrogens (tertiary/aromatic N) is 1. The van der Waals surface area contributed by atoms with Crippen molar-refractivity contribution in [2.45, 2.75) is 19.4 Å². The molecule has 1 atom stereocenters. The van der Waals surface area contributed by atoms with Crippen LogP contribution in [0.4, 0.5) is 0 Å². The Hall–Kier alpha value is -1.34. The fourth-order valence-electron chi connectivity index (χ4n) is 2.94. The number of amides is 1. The molecule has 1 aromatic heterocycles. The number of sulfone groups is 1. The number of fused-ring (bicyclic) bond motifs is 1. The Morgan fingerprint density at radius 1 is 1.41 bits per heavy atom. The van der Waals surface area contributed by atoms with Gasteiger partial charge in [-0.3, -0.25) is 4.79 Å². The number of nitrogens with one attached hydrogen (secondary N) is 1. The fraction of sp³-hybridized carbons (Fsp3) is 0.400. The number of carbonyl (C=O) groups is 1. The Labute approximate surface area is 137 Å². The van der Waals surface area contributed by atoms with E-state index in [9.17, 15) is 13.2 Å². The summed E-state index contributed by atoms with van der Waals surface area (Å²) in [7, 11) is -1.33. The third-order valence-electron chi connectivity index (χ3n) is 4.31. The topological polar surface area (TPSA) is 70.2 Å².